The summed E-state index contributed by atoms with van der Waals surface area (Å²) in [6, 6.07) is 0.358. The first-order valence-corrected chi connectivity index (χ1v) is 5.82. The van der Waals surface area contributed by atoms with Crippen molar-refractivity contribution in [2.75, 3.05) is 0 Å². The predicted molar refractivity (Wildman–Crippen MR) is 60.5 cm³/mol. The topological polar surface area (TPSA) is 29.1 Å². The number of rotatable bonds is 2. The van der Waals surface area contributed by atoms with Crippen LogP contribution in [0.3, 0.4) is 0 Å². The number of hydrogen-bond acceptors (Lipinski definition) is 1. The zero-order chi connectivity index (χ0) is 10.2. The molecule has 1 saturated carbocycles. The van der Waals surface area contributed by atoms with Crippen molar-refractivity contribution < 1.29 is 4.79 Å². The summed E-state index contributed by atoms with van der Waals surface area (Å²) < 4.78 is 0.865. The smallest absolute Gasteiger partial charge is 0.245 e. The standard InChI is InChI=1S/C10H11BrClNO/c11-7-2-1-5-10(12,6-7)9(14)13-8-3-4-8/h1-2,6,8H,3-5H2,(H,13,14). The predicted octanol–water partition coefficient (Wildman–Crippen LogP) is 2.48. The first kappa shape index (κ1) is 10.2. The molecule has 1 amide bonds. The molecule has 1 N–H and O–H groups in total. The van der Waals surface area contributed by atoms with Crippen molar-refractivity contribution in [1.82, 2.24) is 5.32 Å². The number of nitrogens with one attached hydrogen (secondary N) is 1. The SMILES string of the molecule is O=C(NC1CC1)C1(Cl)C=C(Br)C=CC1. The Bertz CT molecular complexity index is 322. The molecule has 0 heterocycles. The fourth-order valence-electron chi connectivity index (χ4n) is 1.36. The maximum absolute atomic E-state index is 11.8. The van der Waals surface area contributed by atoms with E-state index in [0.717, 1.165) is 17.3 Å². The number of halogens is 2. The highest BCUT2D eigenvalue weighted by atomic mass is 79.9. The summed E-state index contributed by atoms with van der Waals surface area (Å²) in [6.07, 6.45) is 8.29. The van der Waals surface area contributed by atoms with Gasteiger partial charge in [0.05, 0.1) is 0 Å². The van der Waals surface area contributed by atoms with E-state index in [-0.39, 0.29) is 5.91 Å². The maximum atomic E-state index is 11.8. The zero-order valence-electron chi connectivity index (χ0n) is 7.59. The molecule has 2 nitrogen and oxygen atoms in total. The van der Waals surface area contributed by atoms with Crippen molar-refractivity contribution in [2.24, 2.45) is 0 Å². The molecule has 0 bridgehead atoms. The van der Waals surface area contributed by atoms with Gasteiger partial charge in [-0.05, 0) is 25.3 Å². The summed E-state index contributed by atoms with van der Waals surface area (Å²) in [6.45, 7) is 0. The van der Waals surface area contributed by atoms with Crippen LogP contribution in [0, 0.1) is 0 Å². The number of carbonyl (C=O) groups excluding carboxylic acids is 1. The second kappa shape index (κ2) is 3.70. The van der Waals surface area contributed by atoms with Crippen molar-refractivity contribution in [3.63, 3.8) is 0 Å². The van der Waals surface area contributed by atoms with E-state index in [0.29, 0.717) is 12.5 Å². The highest BCUT2D eigenvalue weighted by molar-refractivity contribution is 9.11. The lowest BCUT2D eigenvalue weighted by atomic mass is 9.99. The molecule has 4 heteroatoms. The molecule has 0 aromatic carbocycles. The van der Waals surface area contributed by atoms with Crippen LogP contribution in [0.5, 0.6) is 0 Å². The average Bonchev–Trinajstić information content (AvgIpc) is 2.87. The van der Waals surface area contributed by atoms with Crippen LogP contribution in [-0.4, -0.2) is 16.8 Å². The van der Waals surface area contributed by atoms with E-state index in [1.807, 2.05) is 12.2 Å². The second-order valence-corrected chi connectivity index (χ2v) is 5.34. The Morgan fingerprint density at radius 2 is 2.36 bits per heavy atom. The minimum absolute atomic E-state index is 0.0806. The van der Waals surface area contributed by atoms with Crippen molar-refractivity contribution >= 4 is 33.4 Å². The summed E-state index contributed by atoms with van der Waals surface area (Å²) in [4.78, 5) is 10.9. The maximum Gasteiger partial charge on any atom is 0.245 e. The van der Waals surface area contributed by atoms with Crippen LogP contribution in [0.1, 0.15) is 19.3 Å². The number of alkyl halides is 1. The van der Waals surface area contributed by atoms with E-state index >= 15 is 0 Å². The van der Waals surface area contributed by atoms with Gasteiger partial charge in [0.25, 0.3) is 0 Å². The molecule has 1 atom stereocenters. The van der Waals surface area contributed by atoms with E-state index in [2.05, 4.69) is 21.2 Å². The Labute approximate surface area is 96.5 Å². The molecule has 0 radical (unpaired) electrons. The second-order valence-electron chi connectivity index (χ2n) is 3.75. The first-order chi connectivity index (χ1) is 6.60. The van der Waals surface area contributed by atoms with Crippen LogP contribution >= 0.6 is 27.5 Å². The van der Waals surface area contributed by atoms with Gasteiger partial charge in [-0.1, -0.05) is 28.1 Å². The Morgan fingerprint density at radius 1 is 1.64 bits per heavy atom. The van der Waals surface area contributed by atoms with Crippen molar-refractivity contribution in [3.8, 4) is 0 Å². The Hall–Kier alpha value is -0.280. The molecular formula is C10H11BrClNO. The molecule has 1 unspecified atom stereocenters. The third kappa shape index (κ3) is 2.20. The molecule has 2 aliphatic carbocycles. The van der Waals surface area contributed by atoms with Gasteiger partial charge in [0.1, 0.15) is 4.87 Å². The molecule has 76 valence electrons. The van der Waals surface area contributed by atoms with Crippen molar-refractivity contribution in [2.45, 2.75) is 30.2 Å². The minimum atomic E-state index is -0.893. The van der Waals surface area contributed by atoms with Crippen LogP contribution in [0.4, 0.5) is 0 Å². The number of carbonyl (C=O) groups is 1. The molecule has 1 fully saturated rings. The molecule has 2 rings (SSSR count). The van der Waals surface area contributed by atoms with Gasteiger partial charge in [0, 0.05) is 10.5 Å². The Kier molecular flexibility index (Phi) is 2.71. The molecule has 14 heavy (non-hydrogen) atoms. The number of amides is 1. The third-order valence-electron chi connectivity index (χ3n) is 2.35. The van der Waals surface area contributed by atoms with Gasteiger partial charge in [0.15, 0.2) is 0 Å². The Balaban J connectivity index is 2.06. The zero-order valence-corrected chi connectivity index (χ0v) is 9.94. The van der Waals surface area contributed by atoms with Gasteiger partial charge >= 0.3 is 0 Å². The van der Waals surface area contributed by atoms with E-state index in [1.165, 1.54) is 0 Å². The van der Waals surface area contributed by atoms with Gasteiger partial charge in [-0.25, -0.2) is 0 Å². The molecule has 0 aromatic rings. The number of hydrogen-bond donors (Lipinski definition) is 1. The van der Waals surface area contributed by atoms with E-state index in [9.17, 15) is 4.79 Å². The lowest BCUT2D eigenvalue weighted by Crippen LogP contribution is -2.42. The van der Waals surface area contributed by atoms with Crippen molar-refractivity contribution in [1.29, 1.82) is 0 Å². The quantitative estimate of drug-likeness (QED) is 0.771. The number of allylic oxidation sites excluding steroid dienone is 3. The van der Waals surface area contributed by atoms with Crippen LogP contribution in [0.15, 0.2) is 22.7 Å². The molecule has 0 saturated heterocycles. The summed E-state index contributed by atoms with van der Waals surface area (Å²) in [5.41, 5.74) is 0. The molecule has 2 aliphatic rings. The summed E-state index contributed by atoms with van der Waals surface area (Å²) in [5.74, 6) is -0.0806. The van der Waals surface area contributed by atoms with Gasteiger partial charge < -0.3 is 5.32 Å². The van der Waals surface area contributed by atoms with Gasteiger partial charge in [0.2, 0.25) is 5.91 Å². The first-order valence-electron chi connectivity index (χ1n) is 4.65. The average molecular weight is 277 g/mol. The third-order valence-corrected chi connectivity index (χ3v) is 3.28. The van der Waals surface area contributed by atoms with Crippen LogP contribution in [0.25, 0.3) is 0 Å². The monoisotopic (exact) mass is 275 g/mol. The largest absolute Gasteiger partial charge is 0.352 e. The minimum Gasteiger partial charge on any atom is -0.352 e. The van der Waals surface area contributed by atoms with Crippen LogP contribution in [-0.2, 0) is 4.79 Å². The lowest BCUT2D eigenvalue weighted by Gasteiger charge is -2.23. The Morgan fingerprint density at radius 3 is 2.93 bits per heavy atom. The fourth-order valence-corrected chi connectivity index (χ4v) is 2.33. The fraction of sp³-hybridized carbons (Fsp3) is 0.500. The molecular weight excluding hydrogens is 265 g/mol. The van der Waals surface area contributed by atoms with Crippen molar-refractivity contribution in [3.05, 3.63) is 22.7 Å². The molecule has 0 aliphatic heterocycles. The normalized spacial score (nSPS) is 31.1. The summed E-state index contributed by atoms with van der Waals surface area (Å²) in [7, 11) is 0. The van der Waals surface area contributed by atoms with Crippen LogP contribution < -0.4 is 5.32 Å². The lowest BCUT2D eigenvalue weighted by molar-refractivity contribution is -0.122. The highest BCUT2D eigenvalue weighted by Crippen LogP contribution is 2.32. The van der Waals surface area contributed by atoms with Gasteiger partial charge in [-0.15, -0.1) is 11.6 Å². The van der Waals surface area contributed by atoms with E-state index in [4.69, 9.17) is 11.6 Å². The van der Waals surface area contributed by atoms with E-state index < -0.39 is 4.87 Å². The summed E-state index contributed by atoms with van der Waals surface area (Å²) >= 11 is 9.55. The molecule has 0 spiro atoms. The van der Waals surface area contributed by atoms with Gasteiger partial charge in [-0.3, -0.25) is 4.79 Å². The van der Waals surface area contributed by atoms with Crippen LogP contribution in [0.2, 0.25) is 0 Å². The van der Waals surface area contributed by atoms with Gasteiger partial charge in [-0.2, -0.15) is 0 Å². The van der Waals surface area contributed by atoms with E-state index in [1.54, 1.807) is 6.08 Å². The molecule has 0 aromatic heterocycles. The highest BCUT2D eigenvalue weighted by Gasteiger charge is 2.37. The summed E-state index contributed by atoms with van der Waals surface area (Å²) in [5, 5.41) is 2.91.